The second-order valence-corrected chi connectivity index (χ2v) is 3.36. The summed E-state index contributed by atoms with van der Waals surface area (Å²) in [6, 6.07) is 5.27. The van der Waals surface area contributed by atoms with Gasteiger partial charge in [-0.05, 0) is 19.1 Å². The maximum atomic E-state index is 11.9. The van der Waals surface area contributed by atoms with Gasteiger partial charge in [0, 0.05) is 11.9 Å². The van der Waals surface area contributed by atoms with Gasteiger partial charge >= 0.3 is 0 Å². The van der Waals surface area contributed by atoms with Crippen LogP contribution in [0.3, 0.4) is 0 Å². The average Bonchev–Trinajstić information content (AvgIpc) is 2.76. The molecule has 2 rings (SSSR count). The summed E-state index contributed by atoms with van der Waals surface area (Å²) < 4.78 is 0. The first-order chi connectivity index (χ1) is 8.22. The van der Waals surface area contributed by atoms with Crippen LogP contribution in [0.4, 0.5) is 5.82 Å². The molecule has 0 fully saturated rings. The Morgan fingerprint density at radius 2 is 2.41 bits per heavy atom. The lowest BCUT2D eigenvalue weighted by Crippen LogP contribution is -2.14. The third kappa shape index (κ3) is 2.13. The second-order valence-electron chi connectivity index (χ2n) is 3.36. The highest BCUT2D eigenvalue weighted by molar-refractivity contribution is 6.04. The smallest absolute Gasteiger partial charge is 0.258 e. The Kier molecular flexibility index (Phi) is 2.83. The molecule has 0 spiro atoms. The van der Waals surface area contributed by atoms with E-state index < -0.39 is 0 Å². The number of carbonyl (C=O) groups excluding carboxylic acids is 1. The van der Waals surface area contributed by atoms with Gasteiger partial charge in [-0.15, -0.1) is 0 Å². The normalized spacial score (nSPS) is 9.65. The summed E-state index contributed by atoms with van der Waals surface area (Å²) in [7, 11) is 0. The van der Waals surface area contributed by atoms with Crippen LogP contribution in [0.25, 0.3) is 0 Å². The molecule has 17 heavy (non-hydrogen) atoms. The number of pyridine rings is 1. The van der Waals surface area contributed by atoms with Gasteiger partial charge in [-0.2, -0.15) is 10.4 Å². The fourth-order valence-corrected chi connectivity index (χ4v) is 1.37. The van der Waals surface area contributed by atoms with E-state index in [0.29, 0.717) is 22.6 Å². The van der Waals surface area contributed by atoms with Crippen molar-refractivity contribution in [2.75, 3.05) is 5.32 Å². The van der Waals surface area contributed by atoms with E-state index in [1.54, 1.807) is 25.3 Å². The van der Waals surface area contributed by atoms with Crippen molar-refractivity contribution in [3.8, 4) is 6.07 Å². The Morgan fingerprint density at radius 1 is 1.59 bits per heavy atom. The lowest BCUT2D eigenvalue weighted by atomic mass is 10.2. The van der Waals surface area contributed by atoms with Gasteiger partial charge in [0.05, 0.1) is 11.8 Å². The molecule has 0 radical (unpaired) electrons. The third-order valence-electron chi connectivity index (χ3n) is 2.25. The topological polar surface area (TPSA) is 94.5 Å². The SMILES string of the molecule is Cc1ncccc1C(=O)Nc1[nH]ncc1C#N. The summed E-state index contributed by atoms with van der Waals surface area (Å²) >= 11 is 0. The first-order valence-corrected chi connectivity index (χ1v) is 4.89. The number of aryl methyl sites for hydroxylation is 1. The number of rotatable bonds is 2. The molecule has 0 aromatic carbocycles. The van der Waals surface area contributed by atoms with Crippen molar-refractivity contribution < 1.29 is 4.79 Å². The minimum Gasteiger partial charge on any atom is -0.306 e. The van der Waals surface area contributed by atoms with Crippen molar-refractivity contribution in [3.63, 3.8) is 0 Å². The highest BCUT2D eigenvalue weighted by Crippen LogP contribution is 2.12. The van der Waals surface area contributed by atoms with Crippen LogP contribution in [0.2, 0.25) is 0 Å². The van der Waals surface area contributed by atoms with Gasteiger partial charge in [-0.25, -0.2) is 0 Å². The number of aromatic nitrogens is 3. The van der Waals surface area contributed by atoms with Gasteiger partial charge in [0.1, 0.15) is 17.5 Å². The number of carbonyl (C=O) groups is 1. The molecule has 0 aliphatic heterocycles. The number of hydrogen-bond donors (Lipinski definition) is 2. The standard InChI is InChI=1S/C11H9N5O/c1-7-9(3-2-4-13-7)11(17)15-10-8(5-12)6-14-16-10/h2-4,6H,1H3,(H2,14,15,16,17). The largest absolute Gasteiger partial charge is 0.306 e. The lowest BCUT2D eigenvalue weighted by Gasteiger charge is -2.04. The molecule has 2 N–H and O–H groups in total. The molecule has 2 heterocycles. The summed E-state index contributed by atoms with van der Waals surface area (Å²) in [4.78, 5) is 15.9. The van der Waals surface area contributed by atoms with Crippen molar-refractivity contribution in [2.24, 2.45) is 0 Å². The molecule has 0 bridgehead atoms. The zero-order chi connectivity index (χ0) is 12.3. The summed E-state index contributed by atoms with van der Waals surface area (Å²) in [5, 5.41) is 17.6. The molecule has 0 unspecified atom stereocenters. The van der Waals surface area contributed by atoms with Crippen molar-refractivity contribution in [3.05, 3.63) is 41.3 Å². The van der Waals surface area contributed by atoms with Crippen LogP contribution < -0.4 is 5.32 Å². The molecule has 6 heteroatoms. The van der Waals surface area contributed by atoms with E-state index in [4.69, 9.17) is 5.26 Å². The van der Waals surface area contributed by atoms with E-state index in [1.165, 1.54) is 6.20 Å². The Balaban J connectivity index is 2.24. The van der Waals surface area contributed by atoms with Gasteiger partial charge in [0.25, 0.3) is 5.91 Å². The van der Waals surface area contributed by atoms with Crippen LogP contribution in [0.5, 0.6) is 0 Å². The van der Waals surface area contributed by atoms with Crippen LogP contribution >= 0.6 is 0 Å². The summed E-state index contributed by atoms with van der Waals surface area (Å²) in [6.45, 7) is 1.74. The maximum Gasteiger partial charge on any atom is 0.258 e. The van der Waals surface area contributed by atoms with Crippen molar-refractivity contribution in [1.29, 1.82) is 5.26 Å². The highest BCUT2D eigenvalue weighted by atomic mass is 16.1. The molecule has 0 aliphatic carbocycles. The summed E-state index contributed by atoms with van der Waals surface area (Å²) in [5.74, 6) is -0.0305. The fraction of sp³-hybridized carbons (Fsp3) is 0.0909. The second kappa shape index (κ2) is 4.45. The molecule has 0 aliphatic rings. The van der Waals surface area contributed by atoms with Crippen molar-refractivity contribution in [1.82, 2.24) is 15.2 Å². The van der Waals surface area contributed by atoms with Crippen LogP contribution in [0, 0.1) is 18.3 Å². The number of nitrogens with zero attached hydrogens (tertiary/aromatic N) is 3. The van der Waals surface area contributed by atoms with E-state index in [9.17, 15) is 4.79 Å². The number of amides is 1. The van der Waals surface area contributed by atoms with Gasteiger partial charge in [-0.1, -0.05) is 0 Å². The zero-order valence-corrected chi connectivity index (χ0v) is 9.06. The minimum atomic E-state index is -0.323. The number of aromatic amines is 1. The first-order valence-electron chi connectivity index (χ1n) is 4.89. The number of H-pyrrole nitrogens is 1. The molecule has 6 nitrogen and oxygen atoms in total. The average molecular weight is 227 g/mol. The monoisotopic (exact) mass is 227 g/mol. The Bertz CT molecular complexity index is 596. The summed E-state index contributed by atoms with van der Waals surface area (Å²) in [5.41, 5.74) is 1.38. The predicted octanol–water partition coefficient (Wildman–Crippen LogP) is 1.24. The van der Waals surface area contributed by atoms with Crippen LogP contribution in [0.15, 0.2) is 24.5 Å². The third-order valence-corrected chi connectivity index (χ3v) is 2.25. The minimum absolute atomic E-state index is 0.292. The molecule has 0 saturated heterocycles. The first kappa shape index (κ1) is 10.8. The zero-order valence-electron chi connectivity index (χ0n) is 9.06. The van der Waals surface area contributed by atoms with Crippen molar-refractivity contribution >= 4 is 11.7 Å². The molecule has 0 saturated carbocycles. The van der Waals surface area contributed by atoms with E-state index in [0.717, 1.165) is 0 Å². The quantitative estimate of drug-likeness (QED) is 0.806. The van der Waals surface area contributed by atoms with E-state index in [2.05, 4.69) is 20.5 Å². The lowest BCUT2D eigenvalue weighted by molar-refractivity contribution is 0.102. The Morgan fingerprint density at radius 3 is 3.12 bits per heavy atom. The van der Waals surface area contributed by atoms with Crippen LogP contribution in [-0.4, -0.2) is 21.1 Å². The Hall–Kier alpha value is -2.68. The van der Waals surface area contributed by atoms with E-state index in [-0.39, 0.29) is 5.91 Å². The van der Waals surface area contributed by atoms with Crippen LogP contribution in [0.1, 0.15) is 21.6 Å². The highest BCUT2D eigenvalue weighted by Gasteiger charge is 2.12. The van der Waals surface area contributed by atoms with Gasteiger partial charge in [0.2, 0.25) is 0 Å². The summed E-state index contributed by atoms with van der Waals surface area (Å²) in [6.07, 6.45) is 2.97. The fourth-order valence-electron chi connectivity index (χ4n) is 1.37. The number of nitriles is 1. The van der Waals surface area contributed by atoms with Gasteiger partial charge in [0.15, 0.2) is 0 Å². The molecule has 2 aromatic heterocycles. The number of anilines is 1. The molecular formula is C11H9N5O. The predicted molar refractivity (Wildman–Crippen MR) is 60.2 cm³/mol. The van der Waals surface area contributed by atoms with E-state index in [1.807, 2.05) is 6.07 Å². The number of hydrogen-bond acceptors (Lipinski definition) is 4. The Labute approximate surface area is 97.3 Å². The molecule has 0 atom stereocenters. The van der Waals surface area contributed by atoms with Crippen LogP contribution in [-0.2, 0) is 0 Å². The van der Waals surface area contributed by atoms with Crippen molar-refractivity contribution in [2.45, 2.75) is 6.92 Å². The van der Waals surface area contributed by atoms with Gasteiger partial charge in [-0.3, -0.25) is 14.9 Å². The number of nitrogens with one attached hydrogen (secondary N) is 2. The molecule has 1 amide bonds. The molecule has 84 valence electrons. The molecule has 2 aromatic rings. The van der Waals surface area contributed by atoms with E-state index >= 15 is 0 Å². The molecular weight excluding hydrogens is 218 g/mol. The van der Waals surface area contributed by atoms with Gasteiger partial charge < -0.3 is 5.32 Å². The maximum absolute atomic E-state index is 11.9.